The van der Waals surface area contributed by atoms with Crippen molar-refractivity contribution in [3.63, 3.8) is 0 Å². The summed E-state index contributed by atoms with van der Waals surface area (Å²) in [5.41, 5.74) is -0.429. The minimum atomic E-state index is -1.40. The largest absolute Gasteiger partial charge is 0.479 e. The second-order valence-electron chi connectivity index (χ2n) is 6.07. The smallest absolute Gasteiger partial charge is 0.374 e. The van der Waals surface area contributed by atoms with Crippen LogP contribution in [-0.4, -0.2) is 49.6 Å². The minimum absolute atomic E-state index is 0.000523. The van der Waals surface area contributed by atoms with Crippen molar-refractivity contribution in [3.05, 3.63) is 52.5 Å². The Hall–Kier alpha value is -3.62. The number of hydrogen-bond acceptors (Lipinski definition) is 9. The number of Topliss-reactive ketones (excluding diaryl/α,β-unsaturated/α-hetero) is 1. The fraction of sp³-hybridized carbons (Fsp3) is 0.333. The number of hydrogen-bond donors (Lipinski definition) is 0. The van der Waals surface area contributed by atoms with Gasteiger partial charge in [-0.3, -0.25) is 4.79 Å². The van der Waals surface area contributed by atoms with Gasteiger partial charge in [-0.2, -0.15) is 0 Å². The second-order valence-corrected chi connectivity index (χ2v) is 6.07. The molecule has 0 N–H and O–H groups in total. The minimum Gasteiger partial charge on any atom is -0.479 e. The molecule has 0 spiro atoms. The fourth-order valence-electron chi connectivity index (χ4n) is 3.07. The van der Waals surface area contributed by atoms with Crippen molar-refractivity contribution in [2.75, 3.05) is 19.8 Å². The van der Waals surface area contributed by atoms with Gasteiger partial charge in [-0.15, -0.1) is 0 Å². The zero-order chi connectivity index (χ0) is 21.8. The molecule has 1 aromatic carbocycles. The highest BCUT2D eigenvalue weighted by Crippen LogP contribution is 2.40. The average Bonchev–Trinajstić information content (AvgIpc) is 2.73. The second kappa shape index (κ2) is 8.81. The van der Waals surface area contributed by atoms with Crippen LogP contribution in [0.3, 0.4) is 0 Å². The lowest BCUT2D eigenvalue weighted by atomic mass is 9.87. The number of fused-ring (bicyclic) bond motifs is 2. The van der Waals surface area contributed by atoms with E-state index in [9.17, 15) is 19.2 Å². The number of esters is 3. The van der Waals surface area contributed by atoms with E-state index in [1.54, 1.807) is 32.9 Å². The van der Waals surface area contributed by atoms with Gasteiger partial charge in [0.15, 0.2) is 6.10 Å². The molecule has 1 atom stereocenters. The van der Waals surface area contributed by atoms with E-state index in [-0.39, 0.29) is 42.3 Å². The Bertz CT molecular complexity index is 970. The molecule has 9 nitrogen and oxygen atoms in total. The molecule has 2 heterocycles. The summed E-state index contributed by atoms with van der Waals surface area (Å²) in [7, 11) is 0. The van der Waals surface area contributed by atoms with Crippen LogP contribution >= 0.6 is 0 Å². The van der Waals surface area contributed by atoms with Gasteiger partial charge in [0.2, 0.25) is 17.3 Å². The van der Waals surface area contributed by atoms with Gasteiger partial charge in [0.25, 0.3) is 0 Å². The quantitative estimate of drug-likeness (QED) is 0.506. The van der Waals surface area contributed by atoms with Crippen molar-refractivity contribution in [1.29, 1.82) is 0 Å². The van der Waals surface area contributed by atoms with E-state index >= 15 is 0 Å². The van der Waals surface area contributed by atoms with Crippen LogP contribution in [0.5, 0.6) is 5.75 Å². The molecule has 0 saturated carbocycles. The summed E-state index contributed by atoms with van der Waals surface area (Å²) in [6.45, 7) is 4.70. The fourth-order valence-corrected chi connectivity index (χ4v) is 3.07. The molecule has 0 fully saturated rings. The van der Waals surface area contributed by atoms with Crippen LogP contribution in [0.25, 0.3) is 0 Å². The maximum atomic E-state index is 13.2. The maximum absolute atomic E-state index is 13.2. The van der Waals surface area contributed by atoms with E-state index in [1.807, 2.05) is 0 Å². The van der Waals surface area contributed by atoms with Crippen LogP contribution in [0.1, 0.15) is 31.1 Å². The molecule has 1 unspecified atom stereocenters. The van der Waals surface area contributed by atoms with E-state index in [4.69, 9.17) is 23.7 Å². The van der Waals surface area contributed by atoms with Gasteiger partial charge < -0.3 is 23.7 Å². The van der Waals surface area contributed by atoms with Crippen LogP contribution in [0.2, 0.25) is 0 Å². The molecule has 0 amide bonds. The van der Waals surface area contributed by atoms with Crippen molar-refractivity contribution in [3.8, 4) is 5.75 Å². The molecular formula is C21H20O9. The highest BCUT2D eigenvalue weighted by atomic mass is 16.6. The predicted octanol–water partition coefficient (Wildman–Crippen LogP) is 1.86. The maximum Gasteiger partial charge on any atom is 0.374 e. The van der Waals surface area contributed by atoms with Gasteiger partial charge in [-0.1, -0.05) is 12.1 Å². The first-order chi connectivity index (χ1) is 14.4. The van der Waals surface area contributed by atoms with Gasteiger partial charge in [0.1, 0.15) is 11.3 Å². The van der Waals surface area contributed by atoms with Crippen molar-refractivity contribution in [1.82, 2.24) is 0 Å². The number of ketones is 1. The Morgan fingerprint density at radius 1 is 0.867 bits per heavy atom. The van der Waals surface area contributed by atoms with Gasteiger partial charge >= 0.3 is 17.9 Å². The lowest BCUT2D eigenvalue weighted by Gasteiger charge is -2.33. The zero-order valence-corrected chi connectivity index (χ0v) is 16.7. The molecule has 0 saturated heterocycles. The third kappa shape index (κ3) is 3.66. The summed E-state index contributed by atoms with van der Waals surface area (Å²) >= 11 is 0. The van der Waals surface area contributed by atoms with Gasteiger partial charge in [0.05, 0.1) is 31.0 Å². The first-order valence-electron chi connectivity index (χ1n) is 9.42. The van der Waals surface area contributed by atoms with Crippen LogP contribution in [0, 0.1) is 0 Å². The van der Waals surface area contributed by atoms with Gasteiger partial charge in [-0.05, 0) is 32.9 Å². The number of rotatable bonds is 6. The molecule has 2 aliphatic rings. The predicted molar refractivity (Wildman–Crippen MR) is 100 cm³/mol. The van der Waals surface area contributed by atoms with Crippen molar-refractivity contribution in [2.45, 2.75) is 26.9 Å². The van der Waals surface area contributed by atoms with Crippen LogP contribution in [0.15, 0.2) is 46.9 Å². The highest BCUT2D eigenvalue weighted by Gasteiger charge is 2.49. The average molecular weight is 416 g/mol. The number of carbonyl (C=O) groups is 4. The van der Waals surface area contributed by atoms with E-state index in [0.29, 0.717) is 0 Å². The Balaban J connectivity index is 2.24. The Kier molecular flexibility index (Phi) is 6.20. The molecule has 158 valence electrons. The van der Waals surface area contributed by atoms with E-state index in [0.717, 1.165) is 0 Å². The summed E-state index contributed by atoms with van der Waals surface area (Å²) in [5.74, 6) is -4.43. The molecule has 9 heteroatoms. The van der Waals surface area contributed by atoms with E-state index in [1.165, 1.54) is 12.1 Å². The SMILES string of the molecule is CCOC(=O)C1=C(C(=O)OCC)C2Oc3ccccc3C(=O)C2=C(C(=O)OCC)O1. The lowest BCUT2D eigenvalue weighted by Crippen LogP contribution is -2.42. The number of para-hydroxylation sites is 1. The number of carbonyl (C=O) groups excluding carboxylic acids is 4. The molecule has 30 heavy (non-hydrogen) atoms. The topological polar surface area (TPSA) is 114 Å². The lowest BCUT2D eigenvalue weighted by molar-refractivity contribution is -0.148. The molecule has 2 aliphatic heterocycles. The standard InChI is InChI=1S/C21H20O9/c1-4-26-19(23)14-16-13(15(22)11-9-7-8-10-12(11)29-16)17(20(24)27-5-2)30-18(14)21(25)28-6-3/h7-10,16H,4-6H2,1-3H3. The van der Waals surface area contributed by atoms with E-state index < -0.39 is 41.3 Å². The normalized spacial score (nSPS) is 17.3. The monoisotopic (exact) mass is 416 g/mol. The Morgan fingerprint density at radius 3 is 2.07 bits per heavy atom. The number of benzene rings is 1. The Labute approximate surface area is 172 Å². The van der Waals surface area contributed by atoms with E-state index in [2.05, 4.69) is 0 Å². The molecule has 0 bridgehead atoms. The van der Waals surface area contributed by atoms with Crippen molar-refractivity contribution in [2.24, 2.45) is 0 Å². The third-order valence-electron chi connectivity index (χ3n) is 4.26. The van der Waals surface area contributed by atoms with Gasteiger partial charge in [-0.25, -0.2) is 14.4 Å². The molecular weight excluding hydrogens is 396 g/mol. The van der Waals surface area contributed by atoms with Crippen LogP contribution in [0.4, 0.5) is 0 Å². The Morgan fingerprint density at radius 2 is 1.43 bits per heavy atom. The molecule has 0 radical (unpaired) electrons. The van der Waals surface area contributed by atoms with Crippen LogP contribution < -0.4 is 4.74 Å². The summed E-state index contributed by atoms with van der Waals surface area (Å²) in [6, 6.07) is 6.32. The number of ether oxygens (including phenoxy) is 5. The highest BCUT2D eigenvalue weighted by molar-refractivity contribution is 6.18. The first-order valence-corrected chi connectivity index (χ1v) is 9.42. The summed E-state index contributed by atoms with van der Waals surface area (Å²) < 4.78 is 26.3. The van der Waals surface area contributed by atoms with Crippen LogP contribution in [-0.2, 0) is 33.3 Å². The summed E-state index contributed by atoms with van der Waals surface area (Å²) in [6.07, 6.45) is -1.40. The summed E-state index contributed by atoms with van der Waals surface area (Å²) in [4.78, 5) is 50.9. The zero-order valence-electron chi connectivity index (χ0n) is 16.7. The molecule has 3 rings (SSSR count). The molecule has 0 aromatic heterocycles. The van der Waals surface area contributed by atoms with Gasteiger partial charge in [0, 0.05) is 0 Å². The van der Waals surface area contributed by atoms with Crippen molar-refractivity contribution < 1.29 is 42.9 Å². The molecule has 1 aromatic rings. The third-order valence-corrected chi connectivity index (χ3v) is 4.26. The summed E-state index contributed by atoms with van der Waals surface area (Å²) in [5, 5.41) is 0. The first kappa shape index (κ1) is 21.1. The van der Waals surface area contributed by atoms with Crippen molar-refractivity contribution >= 4 is 23.7 Å². The molecule has 0 aliphatic carbocycles.